The quantitative estimate of drug-likeness (QED) is 0.859. The number of nitrogens with two attached hydrogens (primary N) is 2. The summed E-state index contributed by atoms with van der Waals surface area (Å²) in [5.41, 5.74) is 13.9. The second-order valence-corrected chi connectivity index (χ2v) is 6.27. The Morgan fingerprint density at radius 1 is 1.29 bits per heavy atom. The van der Waals surface area contributed by atoms with Crippen LogP contribution < -0.4 is 11.5 Å². The lowest BCUT2D eigenvalue weighted by atomic mass is 9.91. The summed E-state index contributed by atoms with van der Waals surface area (Å²) in [6, 6.07) is 8.19. The van der Waals surface area contributed by atoms with E-state index >= 15 is 0 Å². The molecule has 1 heterocycles. The van der Waals surface area contributed by atoms with Crippen LogP contribution in [-0.2, 0) is 17.6 Å². The topological polar surface area (TPSA) is 72.3 Å². The molecule has 0 aromatic heterocycles. The molecule has 1 unspecified atom stereocenters. The van der Waals surface area contributed by atoms with Crippen molar-refractivity contribution in [2.24, 2.45) is 17.4 Å². The van der Waals surface area contributed by atoms with Crippen molar-refractivity contribution in [3.63, 3.8) is 0 Å². The highest BCUT2D eigenvalue weighted by Gasteiger charge is 2.43. The number of nitrogens with zero attached hydrogens (tertiary/aromatic N) is 1. The van der Waals surface area contributed by atoms with Crippen LogP contribution in [-0.4, -0.2) is 36.0 Å². The number of carbonyl (C=O) groups excluding carboxylic acids is 1. The first-order valence-electron chi connectivity index (χ1n) is 7.47. The van der Waals surface area contributed by atoms with Crippen LogP contribution in [0.15, 0.2) is 24.3 Å². The molecule has 21 heavy (non-hydrogen) atoms. The molecule has 1 aliphatic carbocycles. The first kappa shape index (κ1) is 16.3. The molecule has 1 atom stereocenters. The summed E-state index contributed by atoms with van der Waals surface area (Å²) >= 11 is 0. The van der Waals surface area contributed by atoms with Gasteiger partial charge in [0.1, 0.15) is 5.54 Å². The van der Waals surface area contributed by atoms with Gasteiger partial charge in [-0.25, -0.2) is 0 Å². The van der Waals surface area contributed by atoms with E-state index < -0.39 is 5.54 Å². The number of benzene rings is 1. The van der Waals surface area contributed by atoms with Crippen LogP contribution in [0.25, 0.3) is 0 Å². The van der Waals surface area contributed by atoms with Gasteiger partial charge in [-0.3, -0.25) is 4.79 Å². The second kappa shape index (κ2) is 6.34. The smallest absolute Gasteiger partial charge is 0.243 e. The average Bonchev–Trinajstić information content (AvgIpc) is 2.84. The minimum absolute atomic E-state index is 0. The summed E-state index contributed by atoms with van der Waals surface area (Å²) in [7, 11) is 0. The van der Waals surface area contributed by atoms with Crippen molar-refractivity contribution in [3.8, 4) is 0 Å². The van der Waals surface area contributed by atoms with E-state index in [9.17, 15) is 4.79 Å². The van der Waals surface area contributed by atoms with Gasteiger partial charge in [0, 0.05) is 13.1 Å². The molecule has 0 saturated carbocycles. The third-order valence-electron chi connectivity index (χ3n) is 4.70. The van der Waals surface area contributed by atoms with Crippen molar-refractivity contribution in [2.75, 3.05) is 19.6 Å². The zero-order valence-corrected chi connectivity index (χ0v) is 13.1. The Bertz CT molecular complexity index is 495. The molecule has 4 N–H and O–H groups in total. The van der Waals surface area contributed by atoms with Gasteiger partial charge in [-0.05, 0) is 49.3 Å². The Balaban J connectivity index is 0.00000161. The van der Waals surface area contributed by atoms with Crippen LogP contribution in [0.1, 0.15) is 24.0 Å². The normalized spacial score (nSPS) is 23.3. The molecule has 2 aliphatic rings. The van der Waals surface area contributed by atoms with Crippen molar-refractivity contribution in [2.45, 2.75) is 31.2 Å². The monoisotopic (exact) mass is 309 g/mol. The minimum Gasteiger partial charge on any atom is -0.341 e. The Morgan fingerprint density at radius 3 is 2.48 bits per heavy atom. The van der Waals surface area contributed by atoms with Crippen LogP contribution in [0.2, 0.25) is 0 Å². The van der Waals surface area contributed by atoms with E-state index in [1.54, 1.807) is 0 Å². The van der Waals surface area contributed by atoms with Crippen molar-refractivity contribution in [1.82, 2.24) is 4.90 Å². The highest BCUT2D eigenvalue weighted by Crippen LogP contribution is 2.30. The SMILES string of the molecule is Cl.NCC1CCCN(C(=O)C2(N)Cc3ccccc3C2)C1. The third-order valence-corrected chi connectivity index (χ3v) is 4.70. The molecule has 1 aromatic carbocycles. The molecule has 116 valence electrons. The fourth-order valence-electron chi connectivity index (χ4n) is 3.55. The number of fused-ring (bicyclic) bond motifs is 1. The molecule has 4 nitrogen and oxygen atoms in total. The van der Waals surface area contributed by atoms with Gasteiger partial charge in [-0.15, -0.1) is 12.4 Å². The van der Waals surface area contributed by atoms with E-state index in [1.165, 1.54) is 11.1 Å². The number of amides is 1. The molecule has 1 fully saturated rings. The van der Waals surface area contributed by atoms with Crippen LogP contribution in [0.4, 0.5) is 0 Å². The second-order valence-electron chi connectivity index (χ2n) is 6.27. The number of hydrogen-bond donors (Lipinski definition) is 2. The number of carbonyl (C=O) groups is 1. The molecule has 1 aromatic rings. The number of likely N-dealkylation sites (tertiary alicyclic amines) is 1. The number of piperidine rings is 1. The van der Waals surface area contributed by atoms with Gasteiger partial charge in [0.2, 0.25) is 5.91 Å². The van der Waals surface area contributed by atoms with Crippen molar-refractivity contribution in [1.29, 1.82) is 0 Å². The van der Waals surface area contributed by atoms with Gasteiger partial charge >= 0.3 is 0 Å². The predicted octanol–water partition coefficient (Wildman–Crippen LogP) is 1.10. The standard InChI is InChI=1S/C16H23N3O.ClH/c17-10-12-4-3-7-19(11-12)15(20)16(18)8-13-5-1-2-6-14(13)9-16;/h1-2,5-6,12H,3-4,7-11,17-18H2;1H. The molecule has 0 spiro atoms. The predicted molar refractivity (Wildman–Crippen MR) is 86.4 cm³/mol. The Kier molecular flexibility index (Phi) is 4.91. The summed E-state index contributed by atoms with van der Waals surface area (Å²) in [5, 5.41) is 0. The van der Waals surface area contributed by atoms with Gasteiger partial charge < -0.3 is 16.4 Å². The lowest BCUT2D eigenvalue weighted by Crippen LogP contribution is -2.58. The Morgan fingerprint density at radius 2 is 1.90 bits per heavy atom. The van der Waals surface area contributed by atoms with Crippen molar-refractivity contribution < 1.29 is 4.79 Å². The molecule has 3 rings (SSSR count). The summed E-state index contributed by atoms with van der Waals surface area (Å²) in [6.07, 6.45) is 3.48. The van der Waals surface area contributed by atoms with Gasteiger partial charge in [-0.2, -0.15) is 0 Å². The van der Waals surface area contributed by atoms with E-state index in [4.69, 9.17) is 11.5 Å². The van der Waals surface area contributed by atoms with Gasteiger partial charge in [0.05, 0.1) is 0 Å². The van der Waals surface area contributed by atoms with Crippen LogP contribution in [0.5, 0.6) is 0 Å². The van der Waals surface area contributed by atoms with Crippen molar-refractivity contribution >= 4 is 18.3 Å². The number of halogens is 1. The molecular weight excluding hydrogens is 286 g/mol. The van der Waals surface area contributed by atoms with Crippen LogP contribution in [0.3, 0.4) is 0 Å². The number of hydrogen-bond acceptors (Lipinski definition) is 3. The molecule has 1 amide bonds. The van der Waals surface area contributed by atoms with Gasteiger partial charge in [-0.1, -0.05) is 24.3 Å². The fourth-order valence-corrected chi connectivity index (χ4v) is 3.55. The highest BCUT2D eigenvalue weighted by molar-refractivity contribution is 5.88. The maximum Gasteiger partial charge on any atom is 0.243 e. The molecular formula is C16H24ClN3O. The summed E-state index contributed by atoms with van der Waals surface area (Å²) in [6.45, 7) is 2.25. The Hall–Kier alpha value is -1.10. The van der Waals surface area contributed by atoms with E-state index in [1.807, 2.05) is 17.0 Å². The minimum atomic E-state index is -0.750. The average molecular weight is 310 g/mol. The summed E-state index contributed by atoms with van der Waals surface area (Å²) in [5.74, 6) is 0.534. The maximum atomic E-state index is 12.8. The first-order chi connectivity index (χ1) is 9.62. The van der Waals surface area contributed by atoms with Crippen LogP contribution >= 0.6 is 12.4 Å². The van der Waals surface area contributed by atoms with Gasteiger partial charge in [0.25, 0.3) is 0 Å². The fraction of sp³-hybridized carbons (Fsp3) is 0.562. The van der Waals surface area contributed by atoms with E-state index in [0.29, 0.717) is 25.3 Å². The lowest BCUT2D eigenvalue weighted by Gasteiger charge is -2.37. The zero-order chi connectivity index (χ0) is 14.2. The molecule has 0 radical (unpaired) electrons. The van der Waals surface area contributed by atoms with E-state index in [2.05, 4.69) is 12.1 Å². The molecule has 0 bridgehead atoms. The Labute approximate surface area is 132 Å². The molecule has 1 saturated heterocycles. The zero-order valence-electron chi connectivity index (χ0n) is 12.3. The largest absolute Gasteiger partial charge is 0.341 e. The van der Waals surface area contributed by atoms with E-state index in [0.717, 1.165) is 25.9 Å². The van der Waals surface area contributed by atoms with E-state index in [-0.39, 0.29) is 18.3 Å². The summed E-state index contributed by atoms with van der Waals surface area (Å²) in [4.78, 5) is 14.7. The lowest BCUT2D eigenvalue weighted by molar-refractivity contribution is -0.138. The molecule has 1 aliphatic heterocycles. The third kappa shape index (κ3) is 3.07. The highest BCUT2D eigenvalue weighted by atomic mass is 35.5. The maximum absolute atomic E-state index is 12.8. The first-order valence-corrected chi connectivity index (χ1v) is 7.47. The van der Waals surface area contributed by atoms with Gasteiger partial charge in [0.15, 0.2) is 0 Å². The van der Waals surface area contributed by atoms with Crippen LogP contribution in [0, 0.1) is 5.92 Å². The van der Waals surface area contributed by atoms with Crippen molar-refractivity contribution in [3.05, 3.63) is 35.4 Å². The summed E-state index contributed by atoms with van der Waals surface area (Å²) < 4.78 is 0. The molecule has 5 heteroatoms. The number of rotatable bonds is 2.